The average Bonchev–Trinajstić information content (AvgIpc) is 1.89. The van der Waals surface area contributed by atoms with E-state index in [0.717, 1.165) is 12.2 Å². The van der Waals surface area contributed by atoms with Crippen molar-refractivity contribution in [3.05, 3.63) is 0 Å². The van der Waals surface area contributed by atoms with Gasteiger partial charge in [-0.1, -0.05) is 6.92 Å². The van der Waals surface area contributed by atoms with Crippen molar-refractivity contribution in [2.75, 3.05) is 12.4 Å². The first-order valence-corrected chi connectivity index (χ1v) is 4.50. The maximum atomic E-state index is 10.7. The molecule has 0 heterocycles. The van der Waals surface area contributed by atoms with Gasteiger partial charge in [-0.05, 0) is 19.1 Å². The highest BCUT2D eigenvalue weighted by molar-refractivity contribution is 8.00. The van der Waals surface area contributed by atoms with Crippen LogP contribution in [0.1, 0.15) is 20.3 Å². The molecule has 2 nitrogen and oxygen atoms in total. The topological polar surface area (TPSA) is 37.3 Å². The van der Waals surface area contributed by atoms with Crippen molar-refractivity contribution in [2.24, 2.45) is 0 Å². The van der Waals surface area contributed by atoms with Crippen LogP contribution in [0.4, 0.5) is 0 Å². The monoisotopic (exact) mass is 162 g/mol. The molecule has 0 aliphatic heterocycles. The van der Waals surface area contributed by atoms with Crippen LogP contribution in [-0.4, -0.2) is 28.5 Å². The normalized spacial score (nSPS) is 13.1. The molecule has 0 aromatic carbocycles. The molecule has 10 heavy (non-hydrogen) atoms. The van der Waals surface area contributed by atoms with E-state index in [-0.39, 0.29) is 17.6 Å². The number of carbonyl (C=O) groups is 1. The van der Waals surface area contributed by atoms with E-state index in [4.69, 9.17) is 5.11 Å². The Kier molecular flexibility index (Phi) is 5.73. The highest BCUT2D eigenvalue weighted by Crippen LogP contribution is 2.11. The Morgan fingerprint density at radius 3 is 2.60 bits per heavy atom. The lowest BCUT2D eigenvalue weighted by Crippen LogP contribution is -2.18. The van der Waals surface area contributed by atoms with Crippen LogP contribution in [0.5, 0.6) is 0 Å². The van der Waals surface area contributed by atoms with Crippen molar-refractivity contribution >= 4 is 17.5 Å². The Hall–Kier alpha value is -0.0200. The zero-order valence-corrected chi connectivity index (χ0v) is 7.28. The van der Waals surface area contributed by atoms with E-state index in [1.807, 2.05) is 0 Å². The van der Waals surface area contributed by atoms with Crippen molar-refractivity contribution in [1.82, 2.24) is 0 Å². The first-order chi connectivity index (χ1) is 4.72. The van der Waals surface area contributed by atoms with Crippen molar-refractivity contribution in [2.45, 2.75) is 25.5 Å². The van der Waals surface area contributed by atoms with Gasteiger partial charge in [0.25, 0.3) is 0 Å². The lowest BCUT2D eigenvalue weighted by atomic mass is 10.3. The SMILES string of the molecule is CCCSC(CO)C(C)=O. The van der Waals surface area contributed by atoms with E-state index in [1.165, 1.54) is 18.7 Å². The van der Waals surface area contributed by atoms with Gasteiger partial charge in [0.05, 0.1) is 11.9 Å². The summed E-state index contributed by atoms with van der Waals surface area (Å²) in [4.78, 5) is 10.7. The minimum atomic E-state index is -0.194. The highest BCUT2D eigenvalue weighted by atomic mass is 32.2. The predicted octanol–water partition coefficient (Wildman–Crippen LogP) is 1.08. The molecule has 0 bridgehead atoms. The van der Waals surface area contributed by atoms with Gasteiger partial charge in [-0.3, -0.25) is 4.79 Å². The van der Waals surface area contributed by atoms with Crippen LogP contribution in [0.15, 0.2) is 0 Å². The number of Topliss-reactive ketones (excluding diaryl/α,β-unsaturated/α-hetero) is 1. The average molecular weight is 162 g/mol. The molecule has 0 aliphatic carbocycles. The van der Waals surface area contributed by atoms with E-state index in [1.54, 1.807) is 0 Å². The van der Waals surface area contributed by atoms with Crippen molar-refractivity contribution in [3.8, 4) is 0 Å². The first kappa shape index (κ1) is 9.98. The largest absolute Gasteiger partial charge is 0.395 e. The Balaban J connectivity index is 3.50. The fraction of sp³-hybridized carbons (Fsp3) is 0.857. The van der Waals surface area contributed by atoms with Crippen molar-refractivity contribution < 1.29 is 9.90 Å². The quantitative estimate of drug-likeness (QED) is 0.657. The Morgan fingerprint density at radius 2 is 2.30 bits per heavy atom. The molecule has 60 valence electrons. The second-order valence-electron chi connectivity index (χ2n) is 2.15. The van der Waals surface area contributed by atoms with Crippen molar-refractivity contribution in [3.63, 3.8) is 0 Å². The fourth-order valence-electron chi connectivity index (χ4n) is 0.559. The van der Waals surface area contributed by atoms with Crippen LogP contribution in [0, 0.1) is 0 Å². The van der Waals surface area contributed by atoms with E-state index in [0.29, 0.717) is 0 Å². The molecule has 0 aromatic rings. The third-order valence-electron chi connectivity index (χ3n) is 1.14. The molecule has 0 saturated carbocycles. The standard InChI is InChI=1S/C7H14O2S/c1-3-4-10-7(5-8)6(2)9/h7-8H,3-5H2,1-2H3. The first-order valence-electron chi connectivity index (χ1n) is 3.45. The summed E-state index contributed by atoms with van der Waals surface area (Å²) in [6, 6.07) is 0. The van der Waals surface area contributed by atoms with Crippen LogP contribution in [0.2, 0.25) is 0 Å². The molecule has 0 rings (SSSR count). The van der Waals surface area contributed by atoms with Gasteiger partial charge in [-0.25, -0.2) is 0 Å². The number of thioether (sulfide) groups is 1. The lowest BCUT2D eigenvalue weighted by Gasteiger charge is -2.07. The smallest absolute Gasteiger partial charge is 0.145 e. The second-order valence-corrected chi connectivity index (χ2v) is 3.46. The maximum Gasteiger partial charge on any atom is 0.145 e. The van der Waals surface area contributed by atoms with Gasteiger partial charge in [0.15, 0.2) is 0 Å². The molecule has 0 saturated heterocycles. The Bertz CT molecular complexity index is 104. The van der Waals surface area contributed by atoms with Gasteiger partial charge in [0.1, 0.15) is 5.78 Å². The van der Waals surface area contributed by atoms with E-state index < -0.39 is 0 Å². The molecule has 0 spiro atoms. The lowest BCUT2D eigenvalue weighted by molar-refractivity contribution is -0.117. The summed E-state index contributed by atoms with van der Waals surface area (Å²) in [5.74, 6) is 1.02. The Morgan fingerprint density at radius 1 is 1.70 bits per heavy atom. The molecular formula is C7H14O2S. The highest BCUT2D eigenvalue weighted by Gasteiger charge is 2.11. The maximum absolute atomic E-state index is 10.7. The van der Waals surface area contributed by atoms with E-state index in [2.05, 4.69) is 6.92 Å². The molecule has 1 atom stereocenters. The number of carbonyl (C=O) groups excluding carboxylic acids is 1. The number of rotatable bonds is 5. The minimum Gasteiger partial charge on any atom is -0.395 e. The summed E-state index contributed by atoms with van der Waals surface area (Å²) in [7, 11) is 0. The van der Waals surface area contributed by atoms with Gasteiger partial charge in [-0.2, -0.15) is 0 Å². The molecule has 0 aliphatic rings. The molecule has 0 aromatic heterocycles. The summed E-state index contributed by atoms with van der Waals surface area (Å²) < 4.78 is 0. The van der Waals surface area contributed by atoms with Gasteiger partial charge in [0.2, 0.25) is 0 Å². The van der Waals surface area contributed by atoms with Gasteiger partial charge >= 0.3 is 0 Å². The predicted molar refractivity (Wildman–Crippen MR) is 44.3 cm³/mol. The zero-order chi connectivity index (χ0) is 7.98. The third kappa shape index (κ3) is 3.90. The Labute approximate surface area is 66.0 Å². The molecule has 0 amide bonds. The van der Waals surface area contributed by atoms with Crippen molar-refractivity contribution in [1.29, 1.82) is 0 Å². The molecule has 0 fully saturated rings. The van der Waals surface area contributed by atoms with Crippen LogP contribution in [0.25, 0.3) is 0 Å². The third-order valence-corrected chi connectivity index (χ3v) is 2.67. The summed E-state index contributed by atoms with van der Waals surface area (Å²) >= 11 is 1.53. The summed E-state index contributed by atoms with van der Waals surface area (Å²) in [6.45, 7) is 3.55. The van der Waals surface area contributed by atoms with Crippen LogP contribution >= 0.6 is 11.8 Å². The molecule has 3 heteroatoms. The number of ketones is 1. The summed E-state index contributed by atoms with van der Waals surface area (Å²) in [5, 5.41) is 8.49. The van der Waals surface area contributed by atoms with Crippen LogP contribution in [0.3, 0.4) is 0 Å². The summed E-state index contributed by atoms with van der Waals surface area (Å²) in [6.07, 6.45) is 1.05. The summed E-state index contributed by atoms with van der Waals surface area (Å²) in [5.41, 5.74) is 0. The second kappa shape index (κ2) is 5.74. The number of aliphatic hydroxyl groups excluding tert-OH is 1. The molecule has 0 radical (unpaired) electrons. The van der Waals surface area contributed by atoms with Gasteiger partial charge in [-0.15, -0.1) is 11.8 Å². The van der Waals surface area contributed by atoms with Crippen LogP contribution < -0.4 is 0 Å². The minimum absolute atomic E-state index is 0.0278. The number of hydrogen-bond donors (Lipinski definition) is 1. The fourth-order valence-corrected chi connectivity index (χ4v) is 1.42. The van der Waals surface area contributed by atoms with E-state index in [9.17, 15) is 4.79 Å². The van der Waals surface area contributed by atoms with E-state index >= 15 is 0 Å². The van der Waals surface area contributed by atoms with Gasteiger partial charge in [0, 0.05) is 0 Å². The number of aliphatic hydroxyl groups is 1. The van der Waals surface area contributed by atoms with Crippen LogP contribution in [-0.2, 0) is 4.79 Å². The van der Waals surface area contributed by atoms with Gasteiger partial charge < -0.3 is 5.11 Å². The number of hydrogen-bond acceptors (Lipinski definition) is 3. The molecular weight excluding hydrogens is 148 g/mol. The molecule has 1 unspecified atom stereocenters. The zero-order valence-electron chi connectivity index (χ0n) is 6.46. The molecule has 1 N–H and O–H groups in total.